The van der Waals surface area contributed by atoms with Crippen molar-refractivity contribution in [1.29, 1.82) is 0 Å². The highest BCUT2D eigenvalue weighted by Crippen LogP contribution is 2.28. The first-order valence-electron chi connectivity index (χ1n) is 8.86. The van der Waals surface area contributed by atoms with Crippen LogP contribution in [0.2, 0.25) is 0 Å². The van der Waals surface area contributed by atoms with Gasteiger partial charge in [0.1, 0.15) is 12.4 Å². The van der Waals surface area contributed by atoms with E-state index in [2.05, 4.69) is 5.32 Å². The molecule has 5 heteroatoms. The molecule has 0 bridgehead atoms. The van der Waals surface area contributed by atoms with E-state index >= 15 is 0 Å². The summed E-state index contributed by atoms with van der Waals surface area (Å²) in [6, 6.07) is 8.77. The maximum Gasteiger partial charge on any atom is 0.224 e. The summed E-state index contributed by atoms with van der Waals surface area (Å²) in [4.78, 5) is 11.8. The number of halogens is 1. The Bertz CT molecular complexity index is 774. The summed E-state index contributed by atoms with van der Waals surface area (Å²) in [6.07, 6.45) is 0.985. The third-order valence-corrected chi connectivity index (χ3v) is 4.30. The van der Waals surface area contributed by atoms with Gasteiger partial charge in [0.15, 0.2) is 11.6 Å². The van der Waals surface area contributed by atoms with Gasteiger partial charge in [0.2, 0.25) is 5.91 Å². The van der Waals surface area contributed by atoms with Gasteiger partial charge in [0, 0.05) is 12.6 Å². The predicted octanol–water partition coefficient (Wildman–Crippen LogP) is 3.96. The maximum atomic E-state index is 14.3. The van der Waals surface area contributed by atoms with Crippen LogP contribution in [0.15, 0.2) is 30.3 Å². The minimum atomic E-state index is -0.380. The molecule has 0 saturated heterocycles. The molecule has 0 radical (unpaired) electrons. The topological polar surface area (TPSA) is 47.6 Å². The van der Waals surface area contributed by atoms with Crippen molar-refractivity contribution in [2.24, 2.45) is 0 Å². The van der Waals surface area contributed by atoms with Crippen molar-refractivity contribution in [3.8, 4) is 11.5 Å². The maximum absolute atomic E-state index is 14.3. The molecule has 0 saturated carbocycles. The van der Waals surface area contributed by atoms with Crippen molar-refractivity contribution in [2.45, 2.75) is 40.2 Å². The Labute approximate surface area is 154 Å². The third-order valence-electron chi connectivity index (χ3n) is 4.30. The Morgan fingerprint density at radius 2 is 1.88 bits per heavy atom. The Morgan fingerprint density at radius 1 is 1.12 bits per heavy atom. The van der Waals surface area contributed by atoms with Crippen LogP contribution in [0, 0.1) is 12.7 Å². The van der Waals surface area contributed by atoms with Gasteiger partial charge in [-0.3, -0.25) is 4.79 Å². The van der Waals surface area contributed by atoms with Gasteiger partial charge in [0.25, 0.3) is 0 Å². The number of rotatable bonds is 8. The lowest BCUT2D eigenvalue weighted by molar-refractivity contribution is -0.119. The largest absolute Gasteiger partial charge is 0.493 e. The molecule has 0 spiro atoms. The fourth-order valence-corrected chi connectivity index (χ4v) is 2.83. The summed E-state index contributed by atoms with van der Waals surface area (Å²) in [6.45, 7) is 6.45. The minimum absolute atomic E-state index is 0.103. The molecular weight excluding hydrogens is 333 g/mol. The number of aryl methyl sites for hydroxylation is 2. The van der Waals surface area contributed by atoms with Crippen molar-refractivity contribution in [2.75, 3.05) is 13.7 Å². The van der Waals surface area contributed by atoms with Crippen LogP contribution >= 0.6 is 0 Å². The number of hydrogen-bond donors (Lipinski definition) is 1. The van der Waals surface area contributed by atoms with Gasteiger partial charge < -0.3 is 14.8 Å². The number of amides is 1. The molecule has 0 heterocycles. The highest BCUT2D eigenvalue weighted by Gasteiger charge is 2.15. The summed E-state index contributed by atoms with van der Waals surface area (Å²) in [5.41, 5.74) is 3.52. The van der Waals surface area contributed by atoms with Crippen LogP contribution in [0.4, 0.5) is 4.39 Å². The summed E-state index contributed by atoms with van der Waals surface area (Å²) in [5, 5.41) is 2.61. The van der Waals surface area contributed by atoms with E-state index in [0.717, 1.165) is 28.7 Å². The monoisotopic (exact) mass is 359 g/mol. The van der Waals surface area contributed by atoms with Gasteiger partial charge in [-0.15, -0.1) is 0 Å². The van der Waals surface area contributed by atoms with Gasteiger partial charge in [-0.1, -0.05) is 19.1 Å². The summed E-state index contributed by atoms with van der Waals surface area (Å²) in [7, 11) is 1.60. The van der Waals surface area contributed by atoms with Crippen LogP contribution in [0.25, 0.3) is 0 Å². The zero-order valence-electron chi connectivity index (χ0n) is 15.8. The summed E-state index contributed by atoms with van der Waals surface area (Å²) >= 11 is 0. The molecule has 140 valence electrons. The van der Waals surface area contributed by atoms with Crippen LogP contribution in [0.1, 0.15) is 36.1 Å². The van der Waals surface area contributed by atoms with E-state index in [-0.39, 0.29) is 30.5 Å². The standard InChI is InChI=1S/C21H26FNO3/c1-5-15-11-18(22)20(10-14(15)3)26-13-17-16(12-21(24)23-4)8-7-9-19(17)25-6-2/h7-11H,5-6,12-13H2,1-4H3,(H,23,24). The lowest BCUT2D eigenvalue weighted by atomic mass is 10.0. The lowest BCUT2D eigenvalue weighted by Crippen LogP contribution is -2.21. The molecule has 2 aromatic carbocycles. The Hall–Kier alpha value is -2.56. The number of ether oxygens (including phenoxy) is 2. The van der Waals surface area contributed by atoms with E-state index in [1.165, 1.54) is 6.07 Å². The van der Waals surface area contributed by atoms with Crippen molar-refractivity contribution in [3.05, 3.63) is 58.4 Å². The predicted molar refractivity (Wildman–Crippen MR) is 100 cm³/mol. The van der Waals surface area contributed by atoms with Crippen molar-refractivity contribution < 1.29 is 18.7 Å². The average Bonchev–Trinajstić information content (AvgIpc) is 2.63. The number of benzene rings is 2. The second-order valence-corrected chi connectivity index (χ2v) is 6.03. The molecule has 0 aliphatic rings. The quantitative estimate of drug-likeness (QED) is 0.776. The van der Waals surface area contributed by atoms with E-state index < -0.39 is 0 Å². The fraction of sp³-hybridized carbons (Fsp3) is 0.381. The SMILES string of the molecule is CCOc1cccc(CC(=O)NC)c1COc1cc(C)c(CC)cc1F. The third kappa shape index (κ3) is 4.75. The summed E-state index contributed by atoms with van der Waals surface area (Å²) in [5.74, 6) is 0.372. The van der Waals surface area contributed by atoms with E-state index in [4.69, 9.17) is 9.47 Å². The first kappa shape index (κ1) is 19.8. The smallest absolute Gasteiger partial charge is 0.224 e. The van der Waals surface area contributed by atoms with E-state index in [9.17, 15) is 9.18 Å². The van der Waals surface area contributed by atoms with Crippen LogP contribution in [0.5, 0.6) is 11.5 Å². The molecule has 0 unspecified atom stereocenters. The van der Waals surface area contributed by atoms with Gasteiger partial charge in [-0.2, -0.15) is 0 Å². The second-order valence-electron chi connectivity index (χ2n) is 6.03. The lowest BCUT2D eigenvalue weighted by Gasteiger charge is -2.16. The van der Waals surface area contributed by atoms with Crippen LogP contribution in [-0.4, -0.2) is 19.6 Å². The van der Waals surface area contributed by atoms with Gasteiger partial charge in [-0.05, 0) is 55.2 Å². The molecule has 0 aliphatic heterocycles. The molecule has 26 heavy (non-hydrogen) atoms. The molecule has 1 amide bonds. The molecule has 2 aromatic rings. The Kier molecular flexibility index (Phi) is 7.01. The average molecular weight is 359 g/mol. The molecule has 0 atom stereocenters. The van der Waals surface area contributed by atoms with E-state index in [0.29, 0.717) is 12.4 Å². The number of hydrogen-bond acceptors (Lipinski definition) is 3. The van der Waals surface area contributed by atoms with Crippen LogP contribution in [-0.2, 0) is 24.2 Å². The highest BCUT2D eigenvalue weighted by atomic mass is 19.1. The minimum Gasteiger partial charge on any atom is -0.493 e. The zero-order valence-corrected chi connectivity index (χ0v) is 15.8. The molecule has 1 N–H and O–H groups in total. The number of carbonyl (C=O) groups excluding carboxylic acids is 1. The normalized spacial score (nSPS) is 10.5. The zero-order chi connectivity index (χ0) is 19.1. The highest BCUT2D eigenvalue weighted by molar-refractivity contribution is 5.78. The number of carbonyl (C=O) groups is 1. The van der Waals surface area contributed by atoms with Crippen molar-refractivity contribution in [3.63, 3.8) is 0 Å². The number of likely N-dealkylation sites (N-methyl/N-ethyl adjacent to an activating group) is 1. The van der Waals surface area contributed by atoms with Crippen molar-refractivity contribution in [1.82, 2.24) is 5.32 Å². The van der Waals surface area contributed by atoms with Crippen LogP contribution in [0.3, 0.4) is 0 Å². The molecule has 0 fully saturated rings. The summed E-state index contributed by atoms with van der Waals surface area (Å²) < 4.78 is 25.7. The Balaban J connectivity index is 2.30. The van der Waals surface area contributed by atoms with Gasteiger partial charge in [-0.25, -0.2) is 4.39 Å². The van der Waals surface area contributed by atoms with Crippen molar-refractivity contribution >= 4 is 5.91 Å². The molecule has 2 rings (SSSR count). The Morgan fingerprint density at radius 3 is 2.54 bits per heavy atom. The fourth-order valence-electron chi connectivity index (χ4n) is 2.83. The van der Waals surface area contributed by atoms with E-state index in [1.807, 2.05) is 39.0 Å². The van der Waals surface area contributed by atoms with Gasteiger partial charge >= 0.3 is 0 Å². The molecule has 4 nitrogen and oxygen atoms in total. The molecule has 0 aliphatic carbocycles. The van der Waals surface area contributed by atoms with Gasteiger partial charge in [0.05, 0.1) is 13.0 Å². The van der Waals surface area contributed by atoms with Crippen LogP contribution < -0.4 is 14.8 Å². The molecule has 0 aromatic heterocycles. The first-order valence-corrected chi connectivity index (χ1v) is 8.86. The first-order chi connectivity index (χ1) is 12.5. The number of nitrogens with one attached hydrogen (secondary N) is 1. The second kappa shape index (κ2) is 9.22. The molecular formula is C21H26FNO3. The van der Waals surface area contributed by atoms with E-state index in [1.54, 1.807) is 13.1 Å².